The van der Waals surface area contributed by atoms with Gasteiger partial charge in [0.05, 0.1) is 28.1 Å². The number of nitrogens with one attached hydrogen (secondary N) is 1. The Hall–Kier alpha value is -2.79. The van der Waals surface area contributed by atoms with Crippen LogP contribution in [0.5, 0.6) is 0 Å². The molecule has 1 amide bonds. The van der Waals surface area contributed by atoms with Crippen LogP contribution in [0.3, 0.4) is 0 Å². The molecule has 4 rings (SSSR count). The molecule has 4 heterocycles. The molecule has 0 radical (unpaired) electrons. The summed E-state index contributed by atoms with van der Waals surface area (Å²) in [4.78, 5) is 26.2. The van der Waals surface area contributed by atoms with E-state index in [0.717, 1.165) is 6.07 Å². The quantitative estimate of drug-likeness (QED) is 0.649. The molecule has 7 nitrogen and oxygen atoms in total. The zero-order chi connectivity index (χ0) is 21.5. The van der Waals surface area contributed by atoms with Crippen LogP contribution in [0.25, 0.3) is 10.2 Å². The van der Waals surface area contributed by atoms with E-state index in [2.05, 4.69) is 20.3 Å². The number of carbonyl (C=O) groups excluding carboxylic acids is 1. The lowest BCUT2D eigenvalue weighted by atomic mass is 10.2. The molecule has 3 aromatic heterocycles. The molecule has 0 aliphatic carbocycles. The lowest BCUT2D eigenvalue weighted by Crippen LogP contribution is -2.30. The van der Waals surface area contributed by atoms with Gasteiger partial charge < -0.3 is 15.3 Å². The Labute approximate surface area is 173 Å². The molecule has 30 heavy (non-hydrogen) atoms. The van der Waals surface area contributed by atoms with Crippen molar-refractivity contribution in [3.63, 3.8) is 0 Å². The van der Waals surface area contributed by atoms with Crippen LogP contribution in [0, 0.1) is 0 Å². The molecule has 0 saturated carbocycles. The fourth-order valence-electron chi connectivity index (χ4n) is 3.25. The van der Waals surface area contributed by atoms with E-state index < -0.39 is 23.1 Å². The molecule has 2 unspecified atom stereocenters. The Bertz CT molecular complexity index is 1070. The van der Waals surface area contributed by atoms with Crippen molar-refractivity contribution in [1.82, 2.24) is 19.9 Å². The minimum absolute atomic E-state index is 0.0373. The van der Waals surface area contributed by atoms with Gasteiger partial charge >= 0.3 is 6.18 Å². The second-order valence-electron chi connectivity index (χ2n) is 7.03. The number of pyridine rings is 1. The van der Waals surface area contributed by atoms with Gasteiger partial charge in [-0.2, -0.15) is 13.2 Å². The number of anilines is 1. The highest BCUT2D eigenvalue weighted by Crippen LogP contribution is 2.39. The molecule has 2 N–H and O–H groups in total. The first kappa shape index (κ1) is 20.5. The van der Waals surface area contributed by atoms with E-state index in [1.807, 2.05) is 13.0 Å². The van der Waals surface area contributed by atoms with E-state index in [0.29, 0.717) is 30.0 Å². The fraction of sp³-hybridized carbons (Fsp3) is 0.368. The predicted molar refractivity (Wildman–Crippen MR) is 105 cm³/mol. The maximum absolute atomic E-state index is 13.3. The van der Waals surface area contributed by atoms with Crippen LogP contribution in [-0.4, -0.2) is 50.1 Å². The molecule has 0 aromatic carbocycles. The van der Waals surface area contributed by atoms with E-state index in [9.17, 15) is 23.1 Å². The molecular weight excluding hydrogens is 419 g/mol. The van der Waals surface area contributed by atoms with Gasteiger partial charge in [0.1, 0.15) is 4.88 Å². The van der Waals surface area contributed by atoms with Gasteiger partial charge in [0.2, 0.25) is 5.95 Å². The third-order valence-corrected chi connectivity index (χ3v) is 5.96. The minimum Gasteiger partial charge on any atom is -0.391 e. The maximum atomic E-state index is 13.3. The van der Waals surface area contributed by atoms with Crippen molar-refractivity contribution < 1.29 is 23.1 Å². The summed E-state index contributed by atoms with van der Waals surface area (Å²) in [6, 6.07) is 5.96. The smallest absolute Gasteiger partial charge is 0.391 e. The third-order valence-electron chi connectivity index (χ3n) is 4.78. The van der Waals surface area contributed by atoms with E-state index in [1.54, 1.807) is 18.3 Å². The van der Waals surface area contributed by atoms with Crippen LogP contribution in [0.15, 0.2) is 30.5 Å². The molecule has 0 spiro atoms. The standard InChI is InChI=1S/C19H18F3N5O2S/c1-10(12-4-2-3-6-23-12)24-18-25-13-8-14(19(20,21)22)30-16(13)15(26-18)17(29)27-7-5-11(28)9-27/h2-4,6,8,10-11,28H,5,7,9H2,1H3,(H,24,25,26). The number of aliphatic hydroxyl groups excluding tert-OH is 1. The number of halogens is 3. The Morgan fingerprint density at radius 1 is 1.37 bits per heavy atom. The molecule has 3 aromatic rings. The van der Waals surface area contributed by atoms with Crippen LogP contribution in [0.1, 0.15) is 40.4 Å². The Balaban J connectivity index is 1.75. The van der Waals surface area contributed by atoms with Crippen molar-refractivity contribution in [2.75, 3.05) is 18.4 Å². The molecule has 1 saturated heterocycles. The van der Waals surface area contributed by atoms with Gasteiger partial charge in [-0.15, -0.1) is 11.3 Å². The third kappa shape index (κ3) is 4.08. The Morgan fingerprint density at radius 2 is 2.17 bits per heavy atom. The van der Waals surface area contributed by atoms with Crippen LogP contribution in [0.2, 0.25) is 0 Å². The van der Waals surface area contributed by atoms with Crippen LogP contribution < -0.4 is 5.32 Å². The van der Waals surface area contributed by atoms with E-state index in [-0.39, 0.29) is 34.4 Å². The number of fused-ring (bicyclic) bond motifs is 1. The van der Waals surface area contributed by atoms with E-state index in [1.165, 1.54) is 4.90 Å². The molecule has 1 aliphatic heterocycles. The van der Waals surface area contributed by atoms with Crippen molar-refractivity contribution in [3.05, 3.63) is 46.7 Å². The number of aromatic nitrogens is 3. The normalized spacial score (nSPS) is 18.0. The molecule has 11 heteroatoms. The first-order chi connectivity index (χ1) is 14.2. The number of β-amino-alcohol motifs (C(OH)–C–C–N with tert-alkyl or cyclic N) is 1. The van der Waals surface area contributed by atoms with Gasteiger partial charge in [-0.1, -0.05) is 6.07 Å². The summed E-state index contributed by atoms with van der Waals surface area (Å²) in [6.07, 6.45) is -3.16. The zero-order valence-electron chi connectivity index (χ0n) is 15.8. The number of carbonyl (C=O) groups is 1. The molecule has 158 valence electrons. The van der Waals surface area contributed by atoms with Gasteiger partial charge in [-0.3, -0.25) is 9.78 Å². The number of rotatable bonds is 4. The number of hydrogen-bond acceptors (Lipinski definition) is 7. The highest BCUT2D eigenvalue weighted by Gasteiger charge is 2.35. The fourth-order valence-corrected chi connectivity index (χ4v) is 4.20. The number of likely N-dealkylation sites (tertiary alicyclic amines) is 1. The number of thiophene rings is 1. The number of amides is 1. The van der Waals surface area contributed by atoms with Crippen molar-refractivity contribution in [2.24, 2.45) is 0 Å². The summed E-state index contributed by atoms with van der Waals surface area (Å²) in [5, 5.41) is 12.7. The van der Waals surface area contributed by atoms with Gasteiger partial charge in [0.25, 0.3) is 5.91 Å². The van der Waals surface area contributed by atoms with E-state index >= 15 is 0 Å². The first-order valence-electron chi connectivity index (χ1n) is 9.26. The lowest BCUT2D eigenvalue weighted by Gasteiger charge is -2.17. The summed E-state index contributed by atoms with van der Waals surface area (Å²) in [6.45, 7) is 2.24. The molecular formula is C19H18F3N5O2S. The highest BCUT2D eigenvalue weighted by molar-refractivity contribution is 7.19. The largest absolute Gasteiger partial charge is 0.425 e. The summed E-state index contributed by atoms with van der Waals surface area (Å²) in [7, 11) is 0. The van der Waals surface area contributed by atoms with Gasteiger partial charge in [0.15, 0.2) is 5.69 Å². The topological polar surface area (TPSA) is 91.2 Å². The monoisotopic (exact) mass is 437 g/mol. The minimum atomic E-state index is -4.55. The second-order valence-corrected chi connectivity index (χ2v) is 8.09. The summed E-state index contributed by atoms with van der Waals surface area (Å²) in [5.41, 5.74) is 0.629. The molecule has 1 fully saturated rings. The first-order valence-corrected chi connectivity index (χ1v) is 10.1. The SMILES string of the molecule is CC(Nc1nc(C(=O)N2CCC(O)C2)c2sc(C(F)(F)F)cc2n1)c1ccccn1. The van der Waals surface area contributed by atoms with Crippen LogP contribution in [0.4, 0.5) is 19.1 Å². The second kappa shape index (κ2) is 7.80. The van der Waals surface area contributed by atoms with Gasteiger partial charge in [-0.05, 0) is 31.5 Å². The molecule has 0 bridgehead atoms. The Morgan fingerprint density at radius 3 is 2.80 bits per heavy atom. The number of hydrogen-bond donors (Lipinski definition) is 2. The van der Waals surface area contributed by atoms with Crippen LogP contribution in [-0.2, 0) is 6.18 Å². The van der Waals surface area contributed by atoms with Gasteiger partial charge in [0, 0.05) is 19.3 Å². The van der Waals surface area contributed by atoms with Crippen molar-refractivity contribution in [1.29, 1.82) is 0 Å². The highest BCUT2D eigenvalue weighted by atomic mass is 32.1. The van der Waals surface area contributed by atoms with Crippen LogP contribution >= 0.6 is 11.3 Å². The summed E-state index contributed by atoms with van der Waals surface area (Å²) in [5.74, 6) is -0.488. The summed E-state index contributed by atoms with van der Waals surface area (Å²) >= 11 is 0.443. The number of alkyl halides is 3. The Kier molecular flexibility index (Phi) is 5.33. The predicted octanol–water partition coefficient (Wildman–Crippen LogP) is 3.49. The molecule has 2 atom stereocenters. The van der Waals surface area contributed by atoms with Gasteiger partial charge in [-0.25, -0.2) is 9.97 Å². The van der Waals surface area contributed by atoms with Crippen molar-refractivity contribution in [2.45, 2.75) is 31.7 Å². The van der Waals surface area contributed by atoms with Crippen molar-refractivity contribution >= 4 is 33.4 Å². The average molecular weight is 437 g/mol. The van der Waals surface area contributed by atoms with Crippen molar-refractivity contribution in [3.8, 4) is 0 Å². The number of aliphatic hydroxyl groups is 1. The van der Waals surface area contributed by atoms with E-state index in [4.69, 9.17) is 0 Å². The number of nitrogens with zero attached hydrogens (tertiary/aromatic N) is 4. The lowest BCUT2D eigenvalue weighted by molar-refractivity contribution is -0.134. The molecule has 1 aliphatic rings. The average Bonchev–Trinajstić information content (AvgIpc) is 3.33. The summed E-state index contributed by atoms with van der Waals surface area (Å²) < 4.78 is 39.8. The maximum Gasteiger partial charge on any atom is 0.425 e. The zero-order valence-corrected chi connectivity index (χ0v) is 16.7.